The van der Waals surface area contributed by atoms with Gasteiger partial charge in [0, 0.05) is 0 Å². The summed E-state index contributed by atoms with van der Waals surface area (Å²) in [6, 6.07) is 7.02. The fourth-order valence-corrected chi connectivity index (χ4v) is 1.86. The van der Waals surface area contributed by atoms with Crippen molar-refractivity contribution >= 4 is 17.5 Å². The van der Waals surface area contributed by atoms with Gasteiger partial charge in [0.2, 0.25) is 5.95 Å². The molecule has 0 aliphatic carbocycles. The Morgan fingerprint density at radius 2 is 1.80 bits per heavy atom. The van der Waals surface area contributed by atoms with Gasteiger partial charge in [-0.2, -0.15) is 0 Å². The average Bonchev–Trinajstić information content (AvgIpc) is 2.49. The minimum absolute atomic E-state index is 0.246. The van der Waals surface area contributed by atoms with Gasteiger partial charge in [-0.05, 0) is 24.6 Å². The van der Waals surface area contributed by atoms with Crippen LogP contribution in [0.2, 0.25) is 5.02 Å². The second-order valence-corrected chi connectivity index (χ2v) is 4.81. The Morgan fingerprint density at radius 3 is 2.35 bits per heavy atom. The van der Waals surface area contributed by atoms with Gasteiger partial charge in [-0.1, -0.05) is 23.7 Å². The summed E-state index contributed by atoms with van der Waals surface area (Å²) in [6.07, 6.45) is 2.33. The van der Waals surface area contributed by atoms with Crippen molar-refractivity contribution in [2.75, 3.05) is 12.4 Å². The summed E-state index contributed by atoms with van der Waals surface area (Å²) in [7, 11) is 1.60. The number of nitrogens with one attached hydrogen (secondary N) is 1. The first-order valence-electron chi connectivity index (χ1n) is 6.16. The summed E-state index contributed by atoms with van der Waals surface area (Å²) >= 11 is 5.72. The molecular formula is C14H16ClN3O2. The van der Waals surface area contributed by atoms with Crippen molar-refractivity contribution in [3.63, 3.8) is 0 Å². The fourth-order valence-electron chi connectivity index (χ4n) is 1.76. The lowest BCUT2D eigenvalue weighted by molar-refractivity contribution is 0.160. The minimum Gasteiger partial charge on any atom is -0.497 e. The summed E-state index contributed by atoms with van der Waals surface area (Å²) in [5.74, 6) is 1.18. The number of methoxy groups -OCH3 is 1. The van der Waals surface area contributed by atoms with Crippen molar-refractivity contribution in [3.8, 4) is 5.75 Å². The number of hydrogen-bond donors (Lipinski definition) is 2. The van der Waals surface area contributed by atoms with Gasteiger partial charge in [-0.25, -0.2) is 9.97 Å². The van der Waals surface area contributed by atoms with Crippen LogP contribution in [0.5, 0.6) is 5.75 Å². The van der Waals surface area contributed by atoms with Crippen LogP contribution in [0.1, 0.15) is 18.6 Å². The van der Waals surface area contributed by atoms with Gasteiger partial charge >= 0.3 is 0 Å². The van der Waals surface area contributed by atoms with Gasteiger partial charge in [0.05, 0.1) is 36.7 Å². The molecule has 0 aliphatic rings. The lowest BCUT2D eigenvalue weighted by Gasteiger charge is -2.20. The predicted octanol–water partition coefficient (Wildman–Crippen LogP) is 2.67. The molecule has 0 bridgehead atoms. The van der Waals surface area contributed by atoms with Gasteiger partial charge < -0.3 is 15.2 Å². The van der Waals surface area contributed by atoms with Crippen LogP contribution in [0.15, 0.2) is 36.7 Å². The lowest BCUT2D eigenvalue weighted by Crippen LogP contribution is -2.25. The van der Waals surface area contributed by atoms with Crippen LogP contribution >= 0.6 is 11.6 Å². The normalized spacial score (nSPS) is 13.6. The molecular weight excluding hydrogens is 278 g/mol. The van der Waals surface area contributed by atoms with Gasteiger partial charge in [0.1, 0.15) is 5.75 Å². The molecule has 20 heavy (non-hydrogen) atoms. The number of rotatable bonds is 5. The second-order valence-electron chi connectivity index (χ2n) is 4.38. The maximum absolute atomic E-state index is 10.3. The average molecular weight is 294 g/mol. The molecule has 106 valence electrons. The Bertz CT molecular complexity index is 545. The number of ether oxygens (including phenoxy) is 1. The second kappa shape index (κ2) is 6.54. The van der Waals surface area contributed by atoms with Crippen LogP contribution in [0.25, 0.3) is 0 Å². The molecule has 1 aromatic heterocycles. The highest BCUT2D eigenvalue weighted by molar-refractivity contribution is 6.30. The smallest absolute Gasteiger partial charge is 0.222 e. The van der Waals surface area contributed by atoms with Crippen LogP contribution in [0.4, 0.5) is 5.95 Å². The highest BCUT2D eigenvalue weighted by Crippen LogP contribution is 2.21. The number of aromatic nitrogens is 2. The summed E-state index contributed by atoms with van der Waals surface area (Å²) in [5, 5.41) is 13.8. The highest BCUT2D eigenvalue weighted by atomic mass is 35.5. The summed E-state index contributed by atoms with van der Waals surface area (Å²) in [4.78, 5) is 8.07. The topological polar surface area (TPSA) is 67.3 Å². The fraction of sp³-hybridized carbons (Fsp3) is 0.286. The van der Waals surface area contributed by atoms with Crippen molar-refractivity contribution in [3.05, 3.63) is 47.2 Å². The van der Waals surface area contributed by atoms with Crippen LogP contribution in [0.3, 0.4) is 0 Å². The number of halogens is 1. The van der Waals surface area contributed by atoms with Crippen molar-refractivity contribution in [1.82, 2.24) is 9.97 Å². The monoisotopic (exact) mass is 293 g/mol. The van der Waals surface area contributed by atoms with Crippen LogP contribution < -0.4 is 10.1 Å². The Kier molecular flexibility index (Phi) is 4.76. The molecule has 2 atom stereocenters. The first-order valence-corrected chi connectivity index (χ1v) is 6.54. The van der Waals surface area contributed by atoms with Gasteiger partial charge in [0.25, 0.3) is 0 Å². The standard InChI is InChI=1S/C14H16ClN3O2/c1-9(18-14-16-7-11(15)8-17-14)13(19)10-3-5-12(20-2)6-4-10/h3-9,13,19H,1-2H3,(H,16,17,18)/t9-,13+/m1/s1. The van der Waals surface area contributed by atoms with E-state index >= 15 is 0 Å². The van der Waals surface area contributed by atoms with Crippen LogP contribution in [-0.2, 0) is 0 Å². The zero-order valence-corrected chi connectivity index (χ0v) is 12.0. The third-order valence-corrected chi connectivity index (χ3v) is 3.10. The van der Waals surface area contributed by atoms with E-state index in [1.165, 1.54) is 12.4 Å². The Labute approximate surface area is 122 Å². The van der Waals surface area contributed by atoms with Crippen LogP contribution in [-0.4, -0.2) is 28.2 Å². The molecule has 0 unspecified atom stereocenters. The predicted molar refractivity (Wildman–Crippen MR) is 78.1 cm³/mol. The number of aliphatic hydroxyl groups excluding tert-OH is 1. The van der Waals surface area contributed by atoms with E-state index in [1.54, 1.807) is 7.11 Å². The quantitative estimate of drug-likeness (QED) is 0.887. The van der Waals surface area contributed by atoms with Crippen molar-refractivity contribution in [2.24, 2.45) is 0 Å². The minimum atomic E-state index is -0.680. The van der Waals surface area contributed by atoms with E-state index < -0.39 is 6.10 Å². The third-order valence-electron chi connectivity index (χ3n) is 2.91. The Morgan fingerprint density at radius 1 is 1.20 bits per heavy atom. The van der Waals surface area contributed by atoms with Crippen molar-refractivity contribution in [1.29, 1.82) is 0 Å². The molecule has 0 amide bonds. The SMILES string of the molecule is COc1ccc([C@@H](O)[C@@H](C)Nc2ncc(Cl)cn2)cc1. The molecule has 1 aromatic carbocycles. The van der Waals surface area contributed by atoms with E-state index in [2.05, 4.69) is 15.3 Å². The van der Waals surface area contributed by atoms with E-state index in [0.29, 0.717) is 11.0 Å². The maximum atomic E-state index is 10.3. The van der Waals surface area contributed by atoms with E-state index in [4.69, 9.17) is 16.3 Å². The van der Waals surface area contributed by atoms with E-state index in [0.717, 1.165) is 11.3 Å². The number of aliphatic hydroxyl groups is 1. The van der Waals surface area contributed by atoms with Gasteiger partial charge in [-0.15, -0.1) is 0 Å². The molecule has 0 aliphatic heterocycles. The Balaban J connectivity index is 2.03. The first kappa shape index (κ1) is 14.6. The van der Waals surface area contributed by atoms with Gasteiger partial charge in [-0.3, -0.25) is 0 Å². The van der Waals surface area contributed by atoms with Crippen molar-refractivity contribution < 1.29 is 9.84 Å². The molecule has 0 radical (unpaired) electrons. The maximum Gasteiger partial charge on any atom is 0.222 e. The molecule has 2 aromatic rings. The summed E-state index contributed by atoms with van der Waals surface area (Å²) in [5.41, 5.74) is 0.791. The zero-order valence-electron chi connectivity index (χ0n) is 11.2. The molecule has 2 N–H and O–H groups in total. The molecule has 2 rings (SSSR count). The van der Waals surface area contributed by atoms with Gasteiger partial charge in [0.15, 0.2) is 0 Å². The largest absolute Gasteiger partial charge is 0.497 e. The highest BCUT2D eigenvalue weighted by Gasteiger charge is 2.17. The van der Waals surface area contributed by atoms with E-state index in [9.17, 15) is 5.11 Å². The third kappa shape index (κ3) is 3.59. The molecule has 6 heteroatoms. The first-order chi connectivity index (χ1) is 9.60. The summed E-state index contributed by atoms with van der Waals surface area (Å²) < 4.78 is 5.09. The van der Waals surface area contributed by atoms with Crippen molar-refractivity contribution in [2.45, 2.75) is 19.1 Å². The molecule has 1 heterocycles. The molecule has 0 saturated heterocycles. The summed E-state index contributed by atoms with van der Waals surface area (Å²) in [6.45, 7) is 1.85. The number of anilines is 1. The number of benzene rings is 1. The number of nitrogens with zero attached hydrogens (tertiary/aromatic N) is 2. The van der Waals surface area contributed by atoms with E-state index in [1.807, 2.05) is 31.2 Å². The van der Waals surface area contributed by atoms with Crippen LogP contribution in [0, 0.1) is 0 Å². The van der Waals surface area contributed by atoms with E-state index in [-0.39, 0.29) is 6.04 Å². The molecule has 0 spiro atoms. The number of hydrogen-bond acceptors (Lipinski definition) is 5. The lowest BCUT2D eigenvalue weighted by atomic mass is 10.0. The molecule has 0 saturated carbocycles. The molecule has 5 nitrogen and oxygen atoms in total. The molecule has 0 fully saturated rings. The zero-order chi connectivity index (χ0) is 14.5. The Hall–Kier alpha value is -1.85.